The molecular formula is C25H29N3O4. The molecule has 0 aromatic heterocycles. The van der Waals surface area contributed by atoms with Crippen molar-refractivity contribution < 1.29 is 19.2 Å². The van der Waals surface area contributed by atoms with E-state index in [1.54, 1.807) is 41.3 Å². The van der Waals surface area contributed by atoms with Crippen molar-refractivity contribution in [3.8, 4) is 0 Å². The fourth-order valence-electron chi connectivity index (χ4n) is 3.67. The Kier molecular flexibility index (Phi) is 8.14. The van der Waals surface area contributed by atoms with Crippen LogP contribution in [0.5, 0.6) is 0 Å². The van der Waals surface area contributed by atoms with Gasteiger partial charge in [0.15, 0.2) is 5.78 Å². The molecule has 3 amide bonds. The number of ketones is 1. The van der Waals surface area contributed by atoms with Gasteiger partial charge in [-0.2, -0.15) is 0 Å². The third-order valence-corrected chi connectivity index (χ3v) is 5.60. The molecule has 0 saturated carbocycles. The summed E-state index contributed by atoms with van der Waals surface area (Å²) < 4.78 is 0. The van der Waals surface area contributed by atoms with Crippen molar-refractivity contribution in [2.45, 2.75) is 38.6 Å². The fraction of sp³-hybridized carbons (Fsp3) is 0.360. The summed E-state index contributed by atoms with van der Waals surface area (Å²) in [4.78, 5) is 50.7. The average Bonchev–Trinajstić information content (AvgIpc) is 2.82. The van der Waals surface area contributed by atoms with Crippen molar-refractivity contribution in [3.05, 3.63) is 71.3 Å². The number of rotatable bonds is 8. The molecule has 1 saturated heterocycles. The van der Waals surface area contributed by atoms with Crippen LogP contribution in [-0.2, 0) is 9.59 Å². The van der Waals surface area contributed by atoms with Gasteiger partial charge in [-0.3, -0.25) is 19.2 Å². The molecule has 2 N–H and O–H groups in total. The zero-order chi connectivity index (χ0) is 22.9. The number of piperidine rings is 1. The molecule has 0 bridgehead atoms. The van der Waals surface area contributed by atoms with E-state index >= 15 is 0 Å². The van der Waals surface area contributed by atoms with Gasteiger partial charge in [-0.25, -0.2) is 0 Å². The molecule has 0 aliphatic carbocycles. The Balaban J connectivity index is 1.34. The molecule has 32 heavy (non-hydrogen) atoms. The van der Waals surface area contributed by atoms with Gasteiger partial charge < -0.3 is 15.5 Å². The lowest BCUT2D eigenvalue weighted by Crippen LogP contribution is -2.48. The largest absolute Gasteiger partial charge is 0.352 e. The van der Waals surface area contributed by atoms with Crippen LogP contribution in [0.2, 0.25) is 0 Å². The Morgan fingerprint density at radius 2 is 1.53 bits per heavy atom. The minimum atomic E-state index is -0.290. The molecule has 1 aliphatic heterocycles. The van der Waals surface area contributed by atoms with E-state index in [4.69, 9.17) is 0 Å². The van der Waals surface area contributed by atoms with Crippen molar-refractivity contribution in [2.75, 3.05) is 19.6 Å². The minimum Gasteiger partial charge on any atom is -0.352 e. The summed E-state index contributed by atoms with van der Waals surface area (Å²) >= 11 is 0. The molecule has 0 atom stereocenters. The summed E-state index contributed by atoms with van der Waals surface area (Å²) in [6, 6.07) is 16.1. The highest BCUT2D eigenvalue weighted by atomic mass is 16.2. The number of amides is 3. The maximum Gasteiger partial charge on any atom is 0.251 e. The van der Waals surface area contributed by atoms with E-state index in [1.807, 2.05) is 25.1 Å². The van der Waals surface area contributed by atoms with Gasteiger partial charge in [0.2, 0.25) is 11.8 Å². The van der Waals surface area contributed by atoms with E-state index in [-0.39, 0.29) is 48.9 Å². The van der Waals surface area contributed by atoms with E-state index in [1.165, 1.54) is 0 Å². The van der Waals surface area contributed by atoms with Gasteiger partial charge in [-0.1, -0.05) is 48.0 Å². The smallest absolute Gasteiger partial charge is 0.251 e. The lowest BCUT2D eigenvalue weighted by atomic mass is 10.0. The summed E-state index contributed by atoms with van der Waals surface area (Å²) in [5, 5.41) is 5.53. The Morgan fingerprint density at radius 3 is 2.19 bits per heavy atom. The SMILES string of the molecule is Cc1ccc(C(=O)CCC(=O)N2CCC(NC(=O)CNC(=O)c3ccccc3)CC2)cc1. The van der Waals surface area contributed by atoms with Crippen molar-refractivity contribution in [3.63, 3.8) is 0 Å². The molecule has 1 fully saturated rings. The van der Waals surface area contributed by atoms with Gasteiger partial charge in [-0.05, 0) is 31.9 Å². The van der Waals surface area contributed by atoms with Gasteiger partial charge in [0.1, 0.15) is 0 Å². The molecule has 1 aliphatic rings. The van der Waals surface area contributed by atoms with Gasteiger partial charge in [0.25, 0.3) is 5.91 Å². The van der Waals surface area contributed by atoms with Crippen molar-refractivity contribution in [1.82, 2.24) is 15.5 Å². The first-order valence-corrected chi connectivity index (χ1v) is 10.9. The normalized spacial score (nSPS) is 14.0. The fourth-order valence-corrected chi connectivity index (χ4v) is 3.67. The maximum atomic E-state index is 12.5. The number of carbonyl (C=O) groups excluding carboxylic acids is 4. The maximum absolute atomic E-state index is 12.5. The molecule has 2 aromatic carbocycles. The molecule has 1 heterocycles. The summed E-state index contributed by atoms with van der Waals surface area (Å²) in [6.07, 6.45) is 1.68. The number of Topliss-reactive ketones (excluding diaryl/α,β-unsaturated/α-hetero) is 1. The topological polar surface area (TPSA) is 95.6 Å². The number of hydrogen-bond acceptors (Lipinski definition) is 4. The summed E-state index contributed by atoms with van der Waals surface area (Å²) in [6.45, 7) is 2.95. The highest BCUT2D eigenvalue weighted by molar-refractivity contribution is 5.98. The van der Waals surface area contributed by atoms with E-state index in [9.17, 15) is 19.2 Å². The van der Waals surface area contributed by atoms with Crippen molar-refractivity contribution >= 4 is 23.5 Å². The van der Waals surface area contributed by atoms with Gasteiger partial charge in [-0.15, -0.1) is 0 Å². The Hall–Kier alpha value is -3.48. The third-order valence-electron chi connectivity index (χ3n) is 5.60. The number of nitrogens with zero attached hydrogens (tertiary/aromatic N) is 1. The number of hydrogen-bond donors (Lipinski definition) is 2. The third kappa shape index (κ3) is 6.77. The summed E-state index contributed by atoms with van der Waals surface area (Å²) in [7, 11) is 0. The molecule has 0 unspecified atom stereocenters. The molecule has 7 nitrogen and oxygen atoms in total. The number of benzene rings is 2. The van der Waals surface area contributed by atoms with Gasteiger partial charge >= 0.3 is 0 Å². The first kappa shape index (κ1) is 23.2. The van der Waals surface area contributed by atoms with Crippen LogP contribution in [0.4, 0.5) is 0 Å². The number of nitrogens with one attached hydrogen (secondary N) is 2. The van der Waals surface area contributed by atoms with Crippen LogP contribution in [0, 0.1) is 6.92 Å². The second kappa shape index (κ2) is 11.2. The minimum absolute atomic E-state index is 0.0296. The Labute approximate surface area is 188 Å². The summed E-state index contributed by atoms with van der Waals surface area (Å²) in [5.74, 6) is -0.604. The quantitative estimate of drug-likeness (QED) is 0.623. The first-order chi connectivity index (χ1) is 15.4. The van der Waals surface area contributed by atoms with E-state index in [0.717, 1.165) is 5.56 Å². The zero-order valence-electron chi connectivity index (χ0n) is 18.3. The average molecular weight is 436 g/mol. The highest BCUT2D eigenvalue weighted by Crippen LogP contribution is 2.14. The highest BCUT2D eigenvalue weighted by Gasteiger charge is 2.24. The van der Waals surface area contributed by atoms with Crippen LogP contribution >= 0.6 is 0 Å². The Bertz CT molecular complexity index is 949. The molecule has 3 rings (SSSR count). The van der Waals surface area contributed by atoms with Crippen LogP contribution in [0.3, 0.4) is 0 Å². The van der Waals surface area contributed by atoms with E-state index in [0.29, 0.717) is 37.1 Å². The van der Waals surface area contributed by atoms with Crippen molar-refractivity contribution in [1.29, 1.82) is 0 Å². The lowest BCUT2D eigenvalue weighted by molar-refractivity contribution is -0.132. The summed E-state index contributed by atoms with van der Waals surface area (Å²) in [5.41, 5.74) is 2.23. The Morgan fingerprint density at radius 1 is 0.875 bits per heavy atom. The van der Waals surface area contributed by atoms with Gasteiger partial charge in [0, 0.05) is 43.1 Å². The van der Waals surface area contributed by atoms with E-state index < -0.39 is 0 Å². The lowest BCUT2D eigenvalue weighted by Gasteiger charge is -2.32. The molecule has 0 radical (unpaired) electrons. The first-order valence-electron chi connectivity index (χ1n) is 10.9. The van der Waals surface area contributed by atoms with Crippen LogP contribution < -0.4 is 10.6 Å². The zero-order valence-corrected chi connectivity index (χ0v) is 18.3. The number of likely N-dealkylation sites (tertiary alicyclic amines) is 1. The predicted octanol–water partition coefficient (Wildman–Crippen LogP) is 2.50. The van der Waals surface area contributed by atoms with E-state index in [2.05, 4.69) is 10.6 Å². The van der Waals surface area contributed by atoms with Crippen LogP contribution in [-0.4, -0.2) is 54.1 Å². The van der Waals surface area contributed by atoms with Crippen LogP contribution in [0.1, 0.15) is 52.0 Å². The molecular weight excluding hydrogens is 406 g/mol. The second-order valence-corrected chi connectivity index (χ2v) is 8.06. The molecule has 0 spiro atoms. The monoisotopic (exact) mass is 435 g/mol. The van der Waals surface area contributed by atoms with Crippen molar-refractivity contribution in [2.24, 2.45) is 0 Å². The standard InChI is InChI=1S/C25H29N3O4/c1-18-7-9-19(10-8-18)22(29)11-12-24(31)28-15-13-21(14-16-28)27-23(30)17-26-25(32)20-5-3-2-4-6-20/h2-10,21H,11-17H2,1H3,(H,26,32)(H,27,30). The van der Waals surface area contributed by atoms with Crippen LogP contribution in [0.25, 0.3) is 0 Å². The van der Waals surface area contributed by atoms with Crippen LogP contribution in [0.15, 0.2) is 54.6 Å². The molecule has 7 heteroatoms. The second-order valence-electron chi connectivity index (χ2n) is 8.06. The number of aryl methyl sites for hydroxylation is 1. The molecule has 2 aromatic rings. The van der Waals surface area contributed by atoms with Gasteiger partial charge in [0.05, 0.1) is 6.54 Å². The predicted molar refractivity (Wildman–Crippen MR) is 121 cm³/mol. The molecule has 168 valence electrons. The number of carbonyl (C=O) groups is 4.